The van der Waals surface area contributed by atoms with Crippen LogP contribution >= 0.6 is 11.6 Å². The fourth-order valence-electron chi connectivity index (χ4n) is 4.45. The largest absolute Gasteiger partial charge is 0.493 e. The Morgan fingerprint density at radius 2 is 1.96 bits per heavy atom. The lowest BCUT2D eigenvalue weighted by Gasteiger charge is -2.45. The van der Waals surface area contributed by atoms with Gasteiger partial charge in [-0.15, -0.1) is 0 Å². The summed E-state index contributed by atoms with van der Waals surface area (Å²) in [6.45, 7) is 9.17. The van der Waals surface area contributed by atoms with Gasteiger partial charge in [0.15, 0.2) is 11.5 Å². The molecule has 2 fully saturated rings. The molecule has 1 aliphatic carbocycles. The Kier molecular flexibility index (Phi) is 5.34. The molecule has 150 valence electrons. The number of halogens is 1. The number of hydrogen-bond acceptors (Lipinski definition) is 4. The van der Waals surface area contributed by atoms with Crippen LogP contribution in [0.25, 0.3) is 0 Å². The molecule has 2 unspecified atom stereocenters. The van der Waals surface area contributed by atoms with Crippen molar-refractivity contribution in [2.75, 3.05) is 26.8 Å². The van der Waals surface area contributed by atoms with E-state index in [-0.39, 0.29) is 5.60 Å². The van der Waals surface area contributed by atoms with Gasteiger partial charge in [-0.2, -0.15) is 0 Å². The zero-order chi connectivity index (χ0) is 19.2. The number of rotatable bonds is 5. The van der Waals surface area contributed by atoms with E-state index in [1.165, 1.54) is 24.0 Å². The zero-order valence-electron chi connectivity index (χ0n) is 17.0. The first-order chi connectivity index (χ1) is 12.9. The Labute approximate surface area is 168 Å². The first-order valence-corrected chi connectivity index (χ1v) is 10.7. The maximum atomic E-state index is 6.81. The highest BCUT2D eigenvalue weighted by Gasteiger charge is 2.37. The fourth-order valence-corrected chi connectivity index (χ4v) is 4.80. The van der Waals surface area contributed by atoms with Crippen molar-refractivity contribution in [1.82, 2.24) is 4.90 Å². The van der Waals surface area contributed by atoms with Crippen molar-refractivity contribution in [2.24, 2.45) is 5.92 Å². The molecule has 1 saturated heterocycles. The van der Waals surface area contributed by atoms with Gasteiger partial charge in [-0.05, 0) is 76.0 Å². The first kappa shape index (κ1) is 19.4. The normalized spacial score (nSPS) is 25.7. The van der Waals surface area contributed by atoms with Gasteiger partial charge in [-0.25, -0.2) is 0 Å². The van der Waals surface area contributed by atoms with E-state index in [4.69, 9.17) is 25.8 Å². The molecule has 0 spiro atoms. The monoisotopic (exact) mass is 393 g/mol. The Balaban J connectivity index is 1.56. The Morgan fingerprint density at radius 1 is 1.19 bits per heavy atom. The third-order valence-electron chi connectivity index (χ3n) is 5.87. The van der Waals surface area contributed by atoms with Crippen LogP contribution in [0.4, 0.5) is 0 Å². The van der Waals surface area contributed by atoms with Gasteiger partial charge in [0, 0.05) is 19.1 Å². The summed E-state index contributed by atoms with van der Waals surface area (Å²) in [5, 5.41) is 0.762. The predicted molar refractivity (Wildman–Crippen MR) is 108 cm³/mol. The van der Waals surface area contributed by atoms with Crippen LogP contribution in [0.1, 0.15) is 63.6 Å². The molecule has 2 atom stereocenters. The number of ether oxygens (including phenoxy) is 3. The Morgan fingerprint density at radius 3 is 2.63 bits per heavy atom. The van der Waals surface area contributed by atoms with E-state index >= 15 is 0 Å². The lowest BCUT2D eigenvalue weighted by atomic mass is 9.85. The molecule has 4 nitrogen and oxygen atoms in total. The molecule has 0 amide bonds. The summed E-state index contributed by atoms with van der Waals surface area (Å²) >= 11 is 6.81. The number of nitrogens with zero attached hydrogens (tertiary/aromatic N) is 1. The smallest absolute Gasteiger partial charge is 0.180 e. The van der Waals surface area contributed by atoms with E-state index in [9.17, 15) is 0 Å². The molecule has 0 bridgehead atoms. The topological polar surface area (TPSA) is 30.9 Å². The molecule has 27 heavy (non-hydrogen) atoms. The molecule has 3 aliphatic rings. The van der Waals surface area contributed by atoms with Crippen LogP contribution in [0.5, 0.6) is 11.5 Å². The van der Waals surface area contributed by atoms with Crippen molar-refractivity contribution in [3.05, 3.63) is 22.2 Å². The van der Waals surface area contributed by atoms with Crippen LogP contribution in [0, 0.1) is 5.92 Å². The maximum absolute atomic E-state index is 6.81. The lowest BCUT2D eigenvalue weighted by molar-refractivity contribution is -0.0971. The summed E-state index contributed by atoms with van der Waals surface area (Å²) in [4.78, 5) is 2.56. The molecule has 1 aromatic carbocycles. The lowest BCUT2D eigenvalue weighted by Crippen LogP contribution is -2.47. The summed E-state index contributed by atoms with van der Waals surface area (Å²) in [5.74, 6) is 2.20. The summed E-state index contributed by atoms with van der Waals surface area (Å²) in [6.07, 6.45) is 5.96. The molecule has 0 N–H and O–H groups in total. The summed E-state index contributed by atoms with van der Waals surface area (Å²) < 4.78 is 18.0. The molecule has 1 aromatic rings. The van der Waals surface area contributed by atoms with Gasteiger partial charge < -0.3 is 14.2 Å². The Hall–Kier alpha value is -0.970. The average Bonchev–Trinajstić information content (AvgIpc) is 3.43. The van der Waals surface area contributed by atoms with Crippen molar-refractivity contribution >= 4 is 11.6 Å². The number of piperidine rings is 1. The van der Waals surface area contributed by atoms with Gasteiger partial charge >= 0.3 is 0 Å². The number of hydrogen-bond donors (Lipinski definition) is 0. The highest BCUT2D eigenvalue weighted by Crippen LogP contribution is 2.47. The SMILES string of the molecule is COc1cc2c(c(Cl)c1OCC1CC1)CCN1CC(OC(C)(C)C)CCC21. The molecule has 2 aliphatic heterocycles. The molecule has 2 heterocycles. The number of fused-ring (bicyclic) bond motifs is 3. The van der Waals surface area contributed by atoms with Crippen molar-refractivity contribution < 1.29 is 14.2 Å². The summed E-state index contributed by atoms with van der Waals surface area (Å²) in [5.41, 5.74) is 2.47. The zero-order valence-corrected chi connectivity index (χ0v) is 17.8. The third kappa shape index (κ3) is 4.23. The van der Waals surface area contributed by atoms with E-state index in [0.29, 0.717) is 18.1 Å². The molecule has 4 rings (SSSR count). The maximum Gasteiger partial charge on any atom is 0.180 e. The van der Waals surface area contributed by atoms with Gasteiger partial charge in [-0.3, -0.25) is 4.90 Å². The standard InChI is InChI=1S/C22H32ClNO3/c1-22(2,3)27-15-7-8-18-17-11-19(25-4)21(26-13-14-5-6-14)20(23)16(17)9-10-24(18)12-15/h11,14-15,18H,5-10,12-13H2,1-4H3. The van der Waals surface area contributed by atoms with Gasteiger partial charge in [0.1, 0.15) is 0 Å². The summed E-state index contributed by atoms with van der Waals surface area (Å²) in [6, 6.07) is 2.57. The number of methoxy groups -OCH3 is 1. The third-order valence-corrected chi connectivity index (χ3v) is 6.27. The molecule has 0 radical (unpaired) electrons. The minimum Gasteiger partial charge on any atom is -0.493 e. The predicted octanol–water partition coefficient (Wildman–Crippen LogP) is 5.01. The van der Waals surface area contributed by atoms with Crippen molar-refractivity contribution in [2.45, 2.75) is 70.6 Å². The van der Waals surface area contributed by atoms with E-state index in [2.05, 4.69) is 31.7 Å². The number of benzene rings is 1. The van der Waals surface area contributed by atoms with Crippen LogP contribution in [0.2, 0.25) is 5.02 Å². The van der Waals surface area contributed by atoms with Gasteiger partial charge in [0.05, 0.1) is 30.4 Å². The van der Waals surface area contributed by atoms with Gasteiger partial charge in [-0.1, -0.05) is 11.6 Å². The van der Waals surface area contributed by atoms with E-state index in [1.807, 2.05) is 0 Å². The first-order valence-electron chi connectivity index (χ1n) is 10.3. The highest BCUT2D eigenvalue weighted by atomic mass is 35.5. The summed E-state index contributed by atoms with van der Waals surface area (Å²) in [7, 11) is 1.71. The second-order valence-electron chi connectivity index (χ2n) is 9.23. The second-order valence-corrected chi connectivity index (χ2v) is 9.61. The van der Waals surface area contributed by atoms with Crippen molar-refractivity contribution in [3.63, 3.8) is 0 Å². The molecule has 5 heteroatoms. The molecular formula is C22H32ClNO3. The van der Waals surface area contributed by atoms with Crippen molar-refractivity contribution in [3.8, 4) is 11.5 Å². The minimum absolute atomic E-state index is 0.0917. The fraction of sp³-hybridized carbons (Fsp3) is 0.727. The Bertz CT molecular complexity index is 696. The van der Waals surface area contributed by atoms with E-state index in [1.54, 1.807) is 7.11 Å². The molecule has 1 saturated carbocycles. The van der Waals surface area contributed by atoms with Gasteiger partial charge in [0.2, 0.25) is 0 Å². The van der Waals surface area contributed by atoms with Crippen LogP contribution in [0.15, 0.2) is 6.07 Å². The van der Waals surface area contributed by atoms with E-state index < -0.39 is 0 Å². The van der Waals surface area contributed by atoms with Crippen LogP contribution in [0.3, 0.4) is 0 Å². The molecule has 0 aromatic heterocycles. The van der Waals surface area contributed by atoms with Crippen molar-refractivity contribution in [1.29, 1.82) is 0 Å². The van der Waals surface area contributed by atoms with Crippen LogP contribution < -0.4 is 9.47 Å². The van der Waals surface area contributed by atoms with E-state index in [0.717, 1.165) is 55.5 Å². The van der Waals surface area contributed by atoms with Crippen LogP contribution in [-0.4, -0.2) is 43.4 Å². The average molecular weight is 394 g/mol. The highest BCUT2D eigenvalue weighted by molar-refractivity contribution is 6.33. The molecular weight excluding hydrogens is 362 g/mol. The quantitative estimate of drug-likeness (QED) is 0.703. The van der Waals surface area contributed by atoms with Crippen LogP contribution in [-0.2, 0) is 11.2 Å². The van der Waals surface area contributed by atoms with Gasteiger partial charge in [0.25, 0.3) is 0 Å². The second kappa shape index (κ2) is 7.46. The minimum atomic E-state index is -0.0917.